The molecule has 3 N–H and O–H groups in total. The highest BCUT2D eigenvalue weighted by Crippen LogP contribution is 2.37. The smallest absolute Gasteiger partial charge is 0.313 e. The normalized spacial score (nSPS) is 20.1. The van der Waals surface area contributed by atoms with Crippen molar-refractivity contribution in [3.05, 3.63) is 69.3 Å². The molecule has 2 heterocycles. The number of rotatable bonds is 6. The van der Waals surface area contributed by atoms with E-state index in [9.17, 15) is 15.0 Å². The summed E-state index contributed by atoms with van der Waals surface area (Å²) < 4.78 is 7.58. The number of aliphatic carboxylic acids is 1. The van der Waals surface area contributed by atoms with Gasteiger partial charge in [-0.1, -0.05) is 47.5 Å². The maximum Gasteiger partial charge on any atom is 0.313 e. The van der Waals surface area contributed by atoms with Gasteiger partial charge in [0.2, 0.25) is 0 Å². The van der Waals surface area contributed by atoms with Crippen LogP contribution in [0.2, 0.25) is 10.0 Å². The molecule has 8 heteroatoms. The number of ether oxygens (including phenoxy) is 1. The first-order valence-electron chi connectivity index (χ1n) is 10.4. The second-order valence-electron chi connectivity index (χ2n) is 8.86. The van der Waals surface area contributed by atoms with Crippen molar-refractivity contribution in [2.24, 2.45) is 7.05 Å². The molecule has 1 saturated heterocycles. The second kappa shape index (κ2) is 8.36. The van der Waals surface area contributed by atoms with E-state index in [1.165, 1.54) is 0 Å². The minimum absolute atomic E-state index is 0.391. The largest absolute Gasteiger partial charge is 0.481 e. The lowest BCUT2D eigenvalue weighted by atomic mass is 9.82. The average Bonchev–Trinajstić information content (AvgIpc) is 3.36. The third-order valence-corrected chi connectivity index (χ3v) is 7.38. The lowest BCUT2D eigenvalue weighted by molar-refractivity contribution is -0.142. The highest BCUT2D eigenvalue weighted by Gasteiger charge is 2.39. The van der Waals surface area contributed by atoms with Crippen molar-refractivity contribution in [1.82, 2.24) is 9.88 Å². The van der Waals surface area contributed by atoms with Gasteiger partial charge < -0.3 is 19.5 Å². The van der Waals surface area contributed by atoms with E-state index in [4.69, 9.17) is 27.9 Å². The number of aliphatic hydroxyl groups excluding tert-OH is 1. The van der Waals surface area contributed by atoms with Gasteiger partial charge in [-0.3, -0.25) is 10.1 Å². The number of carbonyl (C=O) groups is 1. The van der Waals surface area contributed by atoms with Crippen LogP contribution in [-0.2, 0) is 27.5 Å². The number of fused-ring (bicyclic) bond motifs is 1. The summed E-state index contributed by atoms with van der Waals surface area (Å²) in [4.78, 5) is 11.6. The summed E-state index contributed by atoms with van der Waals surface area (Å²) >= 11 is 12.5. The van der Waals surface area contributed by atoms with Gasteiger partial charge in [-0.15, -0.1) is 0 Å². The monoisotopic (exact) mass is 476 g/mol. The summed E-state index contributed by atoms with van der Waals surface area (Å²) in [6, 6.07) is 12.9. The van der Waals surface area contributed by atoms with E-state index >= 15 is 0 Å². The number of halogens is 2. The maximum absolute atomic E-state index is 11.6. The topological polar surface area (TPSA) is 83.7 Å². The molecule has 2 aromatic carbocycles. The third-order valence-electron chi connectivity index (χ3n) is 6.56. The van der Waals surface area contributed by atoms with Crippen LogP contribution in [0.3, 0.4) is 0 Å². The van der Waals surface area contributed by atoms with Gasteiger partial charge in [0.15, 0.2) is 0 Å². The first-order valence-corrected chi connectivity index (χ1v) is 11.1. The Labute approximate surface area is 196 Å². The zero-order chi connectivity index (χ0) is 23.3. The average molecular weight is 477 g/mol. The summed E-state index contributed by atoms with van der Waals surface area (Å²) in [5.41, 5.74) is 1.56. The number of aliphatic hydroxyl groups is 1. The highest BCUT2D eigenvalue weighted by atomic mass is 35.5. The van der Waals surface area contributed by atoms with Crippen LogP contribution < -0.4 is 5.32 Å². The molecule has 2 unspecified atom stereocenters. The van der Waals surface area contributed by atoms with Crippen LogP contribution in [0.1, 0.15) is 43.3 Å². The number of hydrogen-bond acceptors (Lipinski definition) is 4. The summed E-state index contributed by atoms with van der Waals surface area (Å²) in [7, 11) is 1.87. The van der Waals surface area contributed by atoms with Crippen LogP contribution in [-0.4, -0.2) is 34.0 Å². The number of aryl methyl sites for hydroxylation is 1. The molecular weight excluding hydrogens is 451 g/mol. The van der Waals surface area contributed by atoms with Crippen LogP contribution in [0.15, 0.2) is 42.5 Å². The number of carboxylic acids is 1. The number of hydrogen-bond donors (Lipinski definition) is 3. The lowest BCUT2D eigenvalue weighted by Crippen LogP contribution is -2.45. The van der Waals surface area contributed by atoms with Gasteiger partial charge in [0.1, 0.15) is 6.23 Å². The third kappa shape index (κ3) is 3.80. The van der Waals surface area contributed by atoms with E-state index in [1.807, 2.05) is 48.0 Å². The Balaban J connectivity index is 1.67. The molecular formula is C24H26Cl2N2O4. The molecule has 3 aromatic rings. The SMILES string of the molecule is Cn1c(C(O)NC2(c3ccc(C(C)(C)C(=O)O)cc3)CCOC2)cc2c(Cl)c(Cl)ccc21. The van der Waals surface area contributed by atoms with Crippen molar-refractivity contribution in [3.8, 4) is 0 Å². The van der Waals surface area contributed by atoms with Crippen molar-refractivity contribution in [1.29, 1.82) is 0 Å². The Morgan fingerprint density at radius 2 is 1.91 bits per heavy atom. The van der Waals surface area contributed by atoms with Gasteiger partial charge in [0, 0.05) is 24.6 Å². The van der Waals surface area contributed by atoms with E-state index in [0.29, 0.717) is 40.9 Å². The first-order chi connectivity index (χ1) is 15.1. The van der Waals surface area contributed by atoms with E-state index in [2.05, 4.69) is 5.32 Å². The molecule has 32 heavy (non-hydrogen) atoms. The van der Waals surface area contributed by atoms with Gasteiger partial charge in [0.05, 0.1) is 33.3 Å². The molecule has 1 fully saturated rings. The highest BCUT2D eigenvalue weighted by molar-refractivity contribution is 6.45. The van der Waals surface area contributed by atoms with Crippen molar-refractivity contribution in [3.63, 3.8) is 0 Å². The molecule has 4 rings (SSSR count). The standard InChI is InChI=1S/C24H26Cl2N2O4/c1-23(2,22(30)31)14-4-6-15(7-5-14)24(10-11-32-13-24)27-21(29)19-12-16-18(28(19)3)9-8-17(25)20(16)26/h4-9,12,21,27,29H,10-11,13H2,1-3H3,(H,30,31). The maximum atomic E-state index is 11.6. The molecule has 0 aliphatic carbocycles. The molecule has 2 atom stereocenters. The van der Waals surface area contributed by atoms with Gasteiger partial charge in [-0.2, -0.15) is 0 Å². The van der Waals surface area contributed by atoms with Crippen LogP contribution in [0.25, 0.3) is 10.9 Å². The number of carboxylic acid groups (broad SMARTS) is 1. The number of nitrogens with one attached hydrogen (secondary N) is 1. The van der Waals surface area contributed by atoms with Crippen LogP contribution in [0, 0.1) is 0 Å². The van der Waals surface area contributed by atoms with Gasteiger partial charge in [-0.05, 0) is 49.6 Å². The predicted molar refractivity (Wildman–Crippen MR) is 125 cm³/mol. The van der Waals surface area contributed by atoms with Crippen molar-refractivity contribution >= 4 is 40.1 Å². The predicted octanol–water partition coefficient (Wildman–Crippen LogP) is 4.74. The Morgan fingerprint density at radius 3 is 2.50 bits per heavy atom. The first kappa shape index (κ1) is 23.1. The van der Waals surface area contributed by atoms with E-state index in [1.54, 1.807) is 19.9 Å². The molecule has 6 nitrogen and oxygen atoms in total. The van der Waals surface area contributed by atoms with Crippen LogP contribution >= 0.6 is 23.2 Å². The minimum atomic E-state index is -0.992. The fraction of sp³-hybridized carbons (Fsp3) is 0.375. The van der Waals surface area contributed by atoms with E-state index in [-0.39, 0.29) is 0 Å². The minimum Gasteiger partial charge on any atom is -0.481 e. The summed E-state index contributed by atoms with van der Waals surface area (Å²) in [5, 5.41) is 25.7. The fourth-order valence-electron chi connectivity index (χ4n) is 4.29. The second-order valence-corrected chi connectivity index (χ2v) is 9.65. The molecule has 170 valence electrons. The lowest BCUT2D eigenvalue weighted by Gasteiger charge is -2.33. The van der Waals surface area contributed by atoms with Crippen LogP contribution in [0.4, 0.5) is 0 Å². The summed E-state index contributed by atoms with van der Waals surface area (Å²) in [5.74, 6) is -0.882. The van der Waals surface area contributed by atoms with Crippen LogP contribution in [0.5, 0.6) is 0 Å². The Kier molecular flexibility index (Phi) is 6.03. The van der Waals surface area contributed by atoms with Gasteiger partial charge in [-0.25, -0.2) is 0 Å². The van der Waals surface area contributed by atoms with Gasteiger partial charge in [0.25, 0.3) is 0 Å². The molecule has 0 spiro atoms. The van der Waals surface area contributed by atoms with E-state index < -0.39 is 23.2 Å². The summed E-state index contributed by atoms with van der Waals surface area (Å²) in [6.07, 6.45) is -0.318. The van der Waals surface area contributed by atoms with Crippen molar-refractivity contribution in [2.75, 3.05) is 13.2 Å². The Bertz CT molecular complexity index is 1160. The number of nitrogens with zero attached hydrogens (tertiary/aromatic N) is 1. The molecule has 0 saturated carbocycles. The molecule has 1 aromatic heterocycles. The fourth-order valence-corrected chi connectivity index (χ4v) is 4.67. The van der Waals surface area contributed by atoms with E-state index in [0.717, 1.165) is 16.5 Å². The molecule has 0 radical (unpaired) electrons. The van der Waals surface area contributed by atoms with Gasteiger partial charge >= 0.3 is 5.97 Å². The Morgan fingerprint density at radius 1 is 1.22 bits per heavy atom. The van der Waals surface area contributed by atoms with Crippen molar-refractivity contribution in [2.45, 2.75) is 37.5 Å². The summed E-state index contributed by atoms with van der Waals surface area (Å²) in [6.45, 7) is 4.30. The number of aromatic nitrogens is 1. The molecule has 1 aliphatic rings. The zero-order valence-corrected chi connectivity index (χ0v) is 19.7. The zero-order valence-electron chi connectivity index (χ0n) is 18.2. The quantitative estimate of drug-likeness (QED) is 0.447. The molecule has 0 bridgehead atoms. The molecule has 0 amide bonds. The number of benzene rings is 2. The Hall–Kier alpha value is -2.09. The van der Waals surface area contributed by atoms with Crippen molar-refractivity contribution < 1.29 is 19.7 Å². The molecule has 1 aliphatic heterocycles.